The molecular formula is C6H4NO2. The third-order valence-electron chi connectivity index (χ3n) is 0.889. The van der Waals surface area contributed by atoms with Gasteiger partial charge in [0.1, 0.15) is 6.07 Å². The largest absolute Gasteiger partial charge is 0.507 e. The molecule has 0 unspecified atom stereocenters. The summed E-state index contributed by atoms with van der Waals surface area (Å²) in [7, 11) is 0. The van der Waals surface area contributed by atoms with Crippen LogP contribution in [0.5, 0.6) is 0 Å². The van der Waals surface area contributed by atoms with Crippen molar-refractivity contribution in [1.29, 1.82) is 5.26 Å². The summed E-state index contributed by atoms with van der Waals surface area (Å²) in [5.41, 5.74) is 0.223. The summed E-state index contributed by atoms with van der Waals surface area (Å²) in [6.45, 7) is 1.11. The highest BCUT2D eigenvalue weighted by Crippen LogP contribution is 2.11. The lowest BCUT2D eigenvalue weighted by molar-refractivity contribution is 0.277. The van der Waals surface area contributed by atoms with E-state index in [1.54, 1.807) is 6.07 Å². The Kier molecular flexibility index (Phi) is 1.41. The first-order chi connectivity index (χ1) is 4.34. The Morgan fingerprint density at radius 1 is 1.67 bits per heavy atom. The molecule has 0 saturated heterocycles. The molecule has 0 fully saturated rings. The fraction of sp³-hybridized carbons (Fsp3) is 0. The highest BCUT2D eigenvalue weighted by molar-refractivity contribution is 5.38. The third-order valence-corrected chi connectivity index (χ3v) is 0.889. The van der Waals surface area contributed by atoms with Gasteiger partial charge in [-0.1, -0.05) is 0 Å². The molecule has 0 aliphatic carbocycles. The second-order valence-electron chi connectivity index (χ2n) is 1.47. The SMILES string of the molecule is N#CC1=C(O)[CH]OC=C1. The standard InChI is InChI=1S/C6H4NO2/c7-3-5-1-2-9-4-6(5)8/h1-2,4,8H. The molecule has 0 atom stereocenters. The van der Waals surface area contributed by atoms with Gasteiger partial charge in [0.05, 0.1) is 11.8 Å². The van der Waals surface area contributed by atoms with Crippen LogP contribution >= 0.6 is 0 Å². The van der Waals surface area contributed by atoms with Gasteiger partial charge in [-0.25, -0.2) is 0 Å². The fourth-order valence-corrected chi connectivity index (χ4v) is 0.454. The van der Waals surface area contributed by atoms with Gasteiger partial charge in [-0.05, 0) is 6.08 Å². The van der Waals surface area contributed by atoms with Crippen molar-refractivity contribution in [3.63, 3.8) is 0 Å². The molecule has 1 radical (unpaired) electrons. The Balaban J connectivity index is 2.88. The van der Waals surface area contributed by atoms with E-state index in [-0.39, 0.29) is 11.3 Å². The Labute approximate surface area is 52.5 Å². The number of nitrogens with zero attached hydrogens (tertiary/aromatic N) is 1. The normalized spacial score (nSPS) is 16.8. The molecule has 0 saturated carbocycles. The first-order valence-corrected chi connectivity index (χ1v) is 2.33. The van der Waals surface area contributed by atoms with Gasteiger partial charge < -0.3 is 9.84 Å². The van der Waals surface area contributed by atoms with Crippen LogP contribution in [-0.4, -0.2) is 5.11 Å². The highest BCUT2D eigenvalue weighted by atomic mass is 16.5. The minimum Gasteiger partial charge on any atom is -0.507 e. The van der Waals surface area contributed by atoms with Gasteiger partial charge in [-0.3, -0.25) is 0 Å². The zero-order valence-corrected chi connectivity index (χ0v) is 4.53. The van der Waals surface area contributed by atoms with Crippen molar-refractivity contribution in [2.75, 3.05) is 0 Å². The first kappa shape index (κ1) is 5.70. The smallest absolute Gasteiger partial charge is 0.199 e. The first-order valence-electron chi connectivity index (χ1n) is 2.33. The van der Waals surface area contributed by atoms with Crippen LogP contribution in [0.2, 0.25) is 0 Å². The molecule has 9 heavy (non-hydrogen) atoms. The number of aliphatic hydroxyl groups is 1. The topological polar surface area (TPSA) is 53.2 Å². The predicted octanol–water partition coefficient (Wildman–Crippen LogP) is 1.03. The van der Waals surface area contributed by atoms with E-state index in [4.69, 9.17) is 10.4 Å². The van der Waals surface area contributed by atoms with Crippen LogP contribution in [-0.2, 0) is 4.74 Å². The van der Waals surface area contributed by atoms with Crippen LogP contribution < -0.4 is 0 Å². The highest BCUT2D eigenvalue weighted by Gasteiger charge is 2.05. The van der Waals surface area contributed by atoms with Crippen LogP contribution in [0.4, 0.5) is 0 Å². The van der Waals surface area contributed by atoms with Crippen LogP contribution in [0.15, 0.2) is 23.7 Å². The molecule has 3 heteroatoms. The van der Waals surface area contributed by atoms with Crippen molar-refractivity contribution >= 4 is 0 Å². The summed E-state index contributed by atoms with van der Waals surface area (Å²) in [4.78, 5) is 0. The van der Waals surface area contributed by atoms with Crippen molar-refractivity contribution in [3.8, 4) is 6.07 Å². The van der Waals surface area contributed by atoms with Crippen molar-refractivity contribution in [1.82, 2.24) is 0 Å². The van der Waals surface area contributed by atoms with Gasteiger partial charge in [0.2, 0.25) is 0 Å². The van der Waals surface area contributed by atoms with E-state index in [1.807, 2.05) is 0 Å². The second-order valence-corrected chi connectivity index (χ2v) is 1.47. The molecule has 45 valence electrons. The van der Waals surface area contributed by atoms with E-state index in [9.17, 15) is 0 Å². The molecule has 0 aromatic carbocycles. The maximum absolute atomic E-state index is 8.79. The lowest BCUT2D eigenvalue weighted by Crippen LogP contribution is -1.94. The summed E-state index contributed by atoms with van der Waals surface area (Å²) in [5.74, 6) is -0.125. The molecular weight excluding hydrogens is 118 g/mol. The molecule has 1 aliphatic rings. The van der Waals surface area contributed by atoms with Gasteiger partial charge in [0.25, 0.3) is 0 Å². The molecule has 1 aliphatic heterocycles. The predicted molar refractivity (Wildman–Crippen MR) is 29.8 cm³/mol. The third kappa shape index (κ3) is 1.03. The van der Waals surface area contributed by atoms with Crippen LogP contribution in [0.25, 0.3) is 0 Å². The molecule has 0 amide bonds. The zero-order chi connectivity index (χ0) is 6.69. The number of nitriles is 1. The molecule has 3 nitrogen and oxygen atoms in total. The number of allylic oxidation sites excluding steroid dienone is 2. The van der Waals surface area contributed by atoms with E-state index in [1.165, 1.54) is 12.3 Å². The summed E-state index contributed by atoms with van der Waals surface area (Å²) >= 11 is 0. The average Bonchev–Trinajstić information content (AvgIpc) is 1.89. The number of aliphatic hydroxyl groups excluding tert-OH is 1. The van der Waals surface area contributed by atoms with Crippen molar-refractivity contribution < 1.29 is 9.84 Å². The monoisotopic (exact) mass is 122 g/mol. The quantitative estimate of drug-likeness (QED) is 0.522. The van der Waals surface area contributed by atoms with Gasteiger partial charge in [-0.15, -0.1) is 0 Å². The van der Waals surface area contributed by atoms with E-state index in [2.05, 4.69) is 4.74 Å². The lowest BCUT2D eigenvalue weighted by Gasteiger charge is -2.03. The molecule has 1 rings (SSSR count). The Hall–Kier alpha value is -1.43. The van der Waals surface area contributed by atoms with Gasteiger partial charge in [-0.2, -0.15) is 5.26 Å². The summed E-state index contributed by atoms with van der Waals surface area (Å²) in [6.07, 6.45) is 2.73. The molecule has 0 aromatic heterocycles. The average molecular weight is 122 g/mol. The van der Waals surface area contributed by atoms with Crippen molar-refractivity contribution in [3.05, 3.63) is 30.3 Å². The number of rotatable bonds is 0. The van der Waals surface area contributed by atoms with E-state index >= 15 is 0 Å². The van der Waals surface area contributed by atoms with E-state index < -0.39 is 0 Å². The van der Waals surface area contributed by atoms with Crippen LogP contribution in [0.3, 0.4) is 0 Å². The zero-order valence-electron chi connectivity index (χ0n) is 4.53. The molecule has 0 aromatic rings. The molecule has 0 spiro atoms. The van der Waals surface area contributed by atoms with Gasteiger partial charge in [0.15, 0.2) is 12.4 Å². The second kappa shape index (κ2) is 2.23. The van der Waals surface area contributed by atoms with Gasteiger partial charge in [0, 0.05) is 0 Å². The number of hydrogen-bond acceptors (Lipinski definition) is 3. The Morgan fingerprint density at radius 3 is 2.89 bits per heavy atom. The minimum absolute atomic E-state index is 0.125. The van der Waals surface area contributed by atoms with E-state index in [0.29, 0.717) is 0 Å². The van der Waals surface area contributed by atoms with Crippen LogP contribution in [0, 0.1) is 17.9 Å². The maximum atomic E-state index is 8.79. The Bertz CT molecular complexity index is 210. The maximum Gasteiger partial charge on any atom is 0.199 e. The fourth-order valence-electron chi connectivity index (χ4n) is 0.454. The molecule has 1 N–H and O–H groups in total. The van der Waals surface area contributed by atoms with Gasteiger partial charge >= 0.3 is 0 Å². The van der Waals surface area contributed by atoms with Crippen molar-refractivity contribution in [2.24, 2.45) is 0 Å². The minimum atomic E-state index is -0.125. The Morgan fingerprint density at radius 2 is 2.44 bits per heavy atom. The summed E-state index contributed by atoms with van der Waals surface area (Å²) < 4.78 is 4.55. The molecule has 1 heterocycles. The molecule has 0 bridgehead atoms. The number of hydrogen-bond donors (Lipinski definition) is 1. The van der Waals surface area contributed by atoms with Crippen LogP contribution in [0.1, 0.15) is 0 Å². The summed E-state index contributed by atoms with van der Waals surface area (Å²) in [6, 6.07) is 1.79. The van der Waals surface area contributed by atoms with E-state index in [0.717, 1.165) is 6.61 Å². The number of ether oxygens (including phenoxy) is 1. The summed E-state index contributed by atoms with van der Waals surface area (Å²) in [5, 5.41) is 17.1. The van der Waals surface area contributed by atoms with Crippen molar-refractivity contribution in [2.45, 2.75) is 0 Å². The lowest BCUT2D eigenvalue weighted by atomic mass is 10.2.